The fourth-order valence-corrected chi connectivity index (χ4v) is 0.558. The van der Waals surface area contributed by atoms with E-state index in [1.807, 2.05) is 19.9 Å². The molecule has 0 aliphatic carbocycles. The lowest BCUT2D eigenvalue weighted by molar-refractivity contribution is 0.772. The summed E-state index contributed by atoms with van der Waals surface area (Å²) in [7, 11) is 0. The largest absolute Gasteiger partial charge is 0.0988 e. The van der Waals surface area contributed by atoms with Crippen LogP contribution in [0, 0.1) is 0 Å². The maximum atomic E-state index is 3.62. The van der Waals surface area contributed by atoms with E-state index in [9.17, 15) is 0 Å². The molecule has 0 aromatic heterocycles. The monoisotopic (exact) mass is 242 g/mol. The molecule has 0 fully saturated rings. The van der Waals surface area contributed by atoms with Crippen LogP contribution in [0.4, 0.5) is 0 Å². The van der Waals surface area contributed by atoms with Crippen LogP contribution in [0.5, 0.6) is 0 Å². The van der Waals surface area contributed by atoms with Crippen molar-refractivity contribution in [3.05, 3.63) is 23.8 Å². The summed E-state index contributed by atoms with van der Waals surface area (Å²) in [4.78, 5) is 0. The average molecular weight is 242 g/mol. The smallest absolute Gasteiger partial charge is 0.0399 e. The zero-order chi connectivity index (χ0) is 14.7. The number of unbranched alkanes of at least 4 members (excludes halogenated alkanes) is 2. The molecule has 0 bridgehead atoms. The van der Waals surface area contributed by atoms with Gasteiger partial charge < -0.3 is 0 Å². The minimum Gasteiger partial charge on any atom is -0.0988 e. The third kappa shape index (κ3) is 50.3. The van der Waals surface area contributed by atoms with Gasteiger partial charge in [0.1, 0.15) is 0 Å². The molecule has 0 radical (unpaired) electrons. The predicted octanol–water partition coefficient (Wildman–Crippen LogP) is 7.17. The van der Waals surface area contributed by atoms with Crippen molar-refractivity contribution in [2.24, 2.45) is 0 Å². The van der Waals surface area contributed by atoms with E-state index in [1.165, 1.54) is 36.8 Å². The van der Waals surface area contributed by atoms with Crippen LogP contribution >= 0.6 is 0 Å². The van der Waals surface area contributed by atoms with Gasteiger partial charge in [0, 0.05) is 0 Å². The molecule has 0 aliphatic heterocycles. The molecule has 0 heteroatoms. The van der Waals surface area contributed by atoms with Gasteiger partial charge in [0.15, 0.2) is 0 Å². The molecule has 0 aromatic carbocycles. The second kappa shape index (κ2) is 29.6. The number of allylic oxidation sites excluding steroid dienone is 3. The first kappa shape index (κ1) is 25.4. The highest BCUT2D eigenvalue weighted by Crippen LogP contribution is 2.00. The fourth-order valence-electron chi connectivity index (χ4n) is 0.558. The van der Waals surface area contributed by atoms with Gasteiger partial charge in [-0.1, -0.05) is 91.0 Å². The van der Waals surface area contributed by atoms with Crippen molar-refractivity contribution >= 4 is 0 Å². The highest BCUT2D eigenvalue weighted by Gasteiger charge is 1.79. The molecule has 17 heavy (non-hydrogen) atoms. The van der Waals surface area contributed by atoms with Crippen molar-refractivity contribution < 1.29 is 0 Å². The summed E-state index contributed by atoms with van der Waals surface area (Å²) < 4.78 is 0. The number of hydrogen-bond donors (Lipinski definition) is 0. The quantitative estimate of drug-likeness (QED) is 0.460. The van der Waals surface area contributed by atoms with Gasteiger partial charge in [0.05, 0.1) is 0 Å². The van der Waals surface area contributed by atoms with Gasteiger partial charge in [-0.15, -0.1) is 0 Å². The van der Waals surface area contributed by atoms with E-state index in [4.69, 9.17) is 0 Å². The van der Waals surface area contributed by atoms with Crippen LogP contribution in [-0.2, 0) is 0 Å². The Morgan fingerprint density at radius 2 is 1.18 bits per heavy atom. The standard InChI is InChI=1S/C7H12.C5H12.C3H8.C2H6/c1-5-7(4)6(2)3;1-3-5-4-2;1-3-2;1-2/h5H,1H2,2-4H3;3-5H2,1-2H3;3H2,1-2H3;1-2H3. The zero-order valence-electron chi connectivity index (χ0n) is 14.1. The Balaban J connectivity index is -0.0000000743. The summed E-state index contributed by atoms with van der Waals surface area (Å²) in [5, 5.41) is 0. The molecule has 106 valence electrons. The Labute approximate surface area is 112 Å². The van der Waals surface area contributed by atoms with Crippen molar-refractivity contribution in [2.75, 3.05) is 0 Å². The van der Waals surface area contributed by atoms with Crippen LogP contribution in [0.25, 0.3) is 0 Å². The third-order valence-electron chi connectivity index (χ3n) is 1.80. The normalized spacial score (nSPS) is 7.12. The third-order valence-corrected chi connectivity index (χ3v) is 1.80. The molecule has 0 N–H and O–H groups in total. The molecular formula is C17H38. The fraction of sp³-hybridized carbons (Fsp3) is 0.765. The molecule has 0 unspecified atom stereocenters. The molecule has 0 aromatic rings. The van der Waals surface area contributed by atoms with Gasteiger partial charge in [-0.2, -0.15) is 0 Å². The molecule has 0 atom stereocenters. The number of hydrogen-bond acceptors (Lipinski definition) is 0. The molecule has 0 spiro atoms. The minimum atomic E-state index is 1.25. The van der Waals surface area contributed by atoms with Gasteiger partial charge in [0.2, 0.25) is 0 Å². The first-order chi connectivity index (χ1) is 8.01. The molecular weight excluding hydrogens is 204 g/mol. The second-order valence-corrected chi connectivity index (χ2v) is 3.95. The minimum absolute atomic E-state index is 1.25. The van der Waals surface area contributed by atoms with E-state index in [0.29, 0.717) is 0 Å². The van der Waals surface area contributed by atoms with Gasteiger partial charge in [0.25, 0.3) is 0 Å². The SMILES string of the molecule is C=CC(C)=C(C)C.CC.CCC.CCCCC. The molecule has 0 rings (SSSR count). The summed E-state index contributed by atoms with van der Waals surface area (Å²) in [6.07, 6.45) is 7.20. The number of rotatable bonds is 3. The summed E-state index contributed by atoms with van der Waals surface area (Å²) >= 11 is 0. The average Bonchev–Trinajstić information content (AvgIpc) is 2.33. The van der Waals surface area contributed by atoms with Crippen molar-refractivity contribution in [2.45, 2.75) is 88.0 Å². The van der Waals surface area contributed by atoms with Gasteiger partial charge in [-0.25, -0.2) is 0 Å². The van der Waals surface area contributed by atoms with Crippen LogP contribution in [0.1, 0.15) is 88.0 Å². The Morgan fingerprint density at radius 3 is 1.18 bits per heavy atom. The topological polar surface area (TPSA) is 0 Å². The highest BCUT2D eigenvalue weighted by molar-refractivity contribution is 5.18. The first-order valence-electron chi connectivity index (χ1n) is 7.28. The maximum Gasteiger partial charge on any atom is -0.0399 e. The lowest BCUT2D eigenvalue weighted by Gasteiger charge is -1.90. The lowest BCUT2D eigenvalue weighted by atomic mass is 10.2. The van der Waals surface area contributed by atoms with E-state index in [0.717, 1.165) is 0 Å². The van der Waals surface area contributed by atoms with Gasteiger partial charge in [-0.3, -0.25) is 0 Å². The molecule has 0 aliphatic rings. The van der Waals surface area contributed by atoms with E-state index in [-0.39, 0.29) is 0 Å². The van der Waals surface area contributed by atoms with Crippen LogP contribution in [0.3, 0.4) is 0 Å². The van der Waals surface area contributed by atoms with Crippen molar-refractivity contribution in [1.29, 1.82) is 0 Å². The van der Waals surface area contributed by atoms with E-state index in [1.54, 1.807) is 0 Å². The molecule has 0 nitrogen and oxygen atoms in total. The Morgan fingerprint density at radius 1 is 0.882 bits per heavy atom. The maximum absolute atomic E-state index is 3.62. The predicted molar refractivity (Wildman–Crippen MR) is 86.8 cm³/mol. The lowest BCUT2D eigenvalue weighted by Crippen LogP contribution is -1.69. The van der Waals surface area contributed by atoms with Crippen molar-refractivity contribution in [3.63, 3.8) is 0 Å². The van der Waals surface area contributed by atoms with Crippen LogP contribution in [0.2, 0.25) is 0 Å². The Bertz CT molecular complexity index is 134. The Kier molecular flexibility index (Phi) is 44.1. The van der Waals surface area contributed by atoms with Crippen molar-refractivity contribution in [3.8, 4) is 0 Å². The summed E-state index contributed by atoms with van der Waals surface area (Å²) in [6, 6.07) is 0. The summed E-state index contributed by atoms with van der Waals surface area (Å²) in [6.45, 7) is 22.5. The first-order valence-corrected chi connectivity index (χ1v) is 7.28. The van der Waals surface area contributed by atoms with E-state index < -0.39 is 0 Å². The Hall–Kier alpha value is -0.520. The summed E-state index contributed by atoms with van der Waals surface area (Å²) in [5.74, 6) is 0. The van der Waals surface area contributed by atoms with Crippen LogP contribution in [-0.4, -0.2) is 0 Å². The van der Waals surface area contributed by atoms with E-state index >= 15 is 0 Å². The molecule has 0 amide bonds. The molecule has 0 saturated carbocycles. The summed E-state index contributed by atoms with van der Waals surface area (Å²) in [5.41, 5.74) is 2.62. The van der Waals surface area contributed by atoms with Crippen LogP contribution < -0.4 is 0 Å². The zero-order valence-corrected chi connectivity index (χ0v) is 14.1. The second-order valence-electron chi connectivity index (χ2n) is 3.95. The molecule has 0 heterocycles. The highest BCUT2D eigenvalue weighted by atomic mass is 13.9. The molecule has 0 saturated heterocycles. The van der Waals surface area contributed by atoms with Gasteiger partial charge >= 0.3 is 0 Å². The van der Waals surface area contributed by atoms with Crippen molar-refractivity contribution in [1.82, 2.24) is 0 Å². The van der Waals surface area contributed by atoms with Crippen LogP contribution in [0.15, 0.2) is 23.8 Å². The van der Waals surface area contributed by atoms with E-state index in [2.05, 4.69) is 55.0 Å². The van der Waals surface area contributed by atoms with Gasteiger partial charge in [-0.05, 0) is 20.8 Å².